The average Bonchev–Trinajstić information content (AvgIpc) is 2.69. The molecule has 1 heterocycles. The molecule has 0 aliphatic rings. The van der Waals surface area contributed by atoms with Crippen LogP contribution in [0, 0.1) is 33.5 Å². The summed E-state index contributed by atoms with van der Waals surface area (Å²) in [5.74, 6) is -0.349. The van der Waals surface area contributed by atoms with E-state index in [1.807, 2.05) is 6.92 Å². The van der Waals surface area contributed by atoms with Crippen LogP contribution in [0.3, 0.4) is 0 Å². The number of aryl methyl sites for hydroxylation is 4. The summed E-state index contributed by atoms with van der Waals surface area (Å²) < 4.78 is 44.5. The number of nitrogens with zero attached hydrogens (tertiary/aromatic N) is 2. The van der Waals surface area contributed by atoms with Gasteiger partial charge in [0.05, 0.1) is 27.2 Å². The second-order valence-corrected chi connectivity index (χ2v) is 9.43. The molecule has 0 saturated heterocycles. The van der Waals surface area contributed by atoms with Gasteiger partial charge in [-0.15, -0.1) is 0 Å². The molecule has 3 aromatic carbocycles. The van der Waals surface area contributed by atoms with Gasteiger partial charge in [0.1, 0.15) is 11.6 Å². The molecule has 6 nitrogen and oxygen atoms in total. The van der Waals surface area contributed by atoms with Crippen LogP contribution in [-0.2, 0) is 10.0 Å². The molecule has 0 amide bonds. The molecule has 0 aliphatic carbocycles. The molecule has 1 N–H and O–H groups in total. The van der Waals surface area contributed by atoms with E-state index < -0.39 is 15.8 Å². The fourth-order valence-corrected chi connectivity index (χ4v) is 5.58. The molecular weight excluding hydrogens is 429 g/mol. The second-order valence-electron chi connectivity index (χ2n) is 7.81. The number of halogens is 1. The van der Waals surface area contributed by atoms with Gasteiger partial charge in [-0.2, -0.15) is 0 Å². The van der Waals surface area contributed by atoms with Crippen LogP contribution in [0.15, 0.2) is 64.3 Å². The van der Waals surface area contributed by atoms with Gasteiger partial charge < -0.3 is 0 Å². The van der Waals surface area contributed by atoms with Gasteiger partial charge >= 0.3 is 0 Å². The lowest BCUT2D eigenvalue weighted by Crippen LogP contribution is -2.23. The summed E-state index contributed by atoms with van der Waals surface area (Å²) in [7, 11) is -4.06. The Morgan fingerprint density at radius 2 is 1.59 bits per heavy atom. The highest BCUT2D eigenvalue weighted by molar-refractivity contribution is 7.92. The molecule has 0 unspecified atom stereocenters. The zero-order valence-electron chi connectivity index (χ0n) is 18.1. The number of sulfonamides is 1. The third kappa shape index (κ3) is 3.78. The van der Waals surface area contributed by atoms with E-state index in [4.69, 9.17) is 0 Å². The summed E-state index contributed by atoms with van der Waals surface area (Å²) in [6, 6.07) is 14.3. The van der Waals surface area contributed by atoms with Crippen LogP contribution in [0.2, 0.25) is 0 Å². The van der Waals surface area contributed by atoms with Crippen LogP contribution < -0.4 is 10.3 Å². The number of aromatic nitrogens is 2. The molecule has 32 heavy (non-hydrogen) atoms. The standard InChI is InChI=1S/C24H22FN3O3S/c1-14-11-15(2)23(16(3)12-14)32(30,31)27-22-13-18(9-10-20(22)25)28-17(4)26-21-8-6-5-7-19(21)24(28)29/h5-13,27H,1-4H3. The first kappa shape index (κ1) is 21.7. The smallest absolute Gasteiger partial charge is 0.265 e. The van der Waals surface area contributed by atoms with Gasteiger partial charge in [-0.3, -0.25) is 14.1 Å². The van der Waals surface area contributed by atoms with Gasteiger partial charge in [-0.05, 0) is 69.2 Å². The summed E-state index contributed by atoms with van der Waals surface area (Å²) in [5.41, 5.74) is 2.36. The Bertz CT molecular complexity index is 1520. The number of anilines is 1. The maximum atomic E-state index is 14.6. The lowest BCUT2D eigenvalue weighted by molar-refractivity contribution is 0.597. The Balaban J connectivity index is 1.83. The predicted octanol–water partition coefficient (Wildman–Crippen LogP) is 4.56. The van der Waals surface area contributed by atoms with Crippen LogP contribution in [0.25, 0.3) is 16.6 Å². The summed E-state index contributed by atoms with van der Waals surface area (Å²) in [6.45, 7) is 6.95. The van der Waals surface area contributed by atoms with E-state index >= 15 is 0 Å². The SMILES string of the molecule is Cc1cc(C)c(S(=O)(=O)Nc2cc(-n3c(C)nc4ccccc4c3=O)ccc2F)c(C)c1. The molecule has 8 heteroatoms. The van der Waals surface area contributed by atoms with Crippen molar-refractivity contribution in [2.24, 2.45) is 0 Å². The van der Waals surface area contributed by atoms with E-state index in [1.165, 1.54) is 16.7 Å². The van der Waals surface area contributed by atoms with E-state index in [0.717, 1.165) is 11.6 Å². The lowest BCUT2D eigenvalue weighted by Gasteiger charge is -2.16. The molecule has 0 fully saturated rings. The summed E-state index contributed by atoms with van der Waals surface area (Å²) in [4.78, 5) is 17.6. The first-order chi connectivity index (χ1) is 15.1. The molecule has 0 radical (unpaired) electrons. The summed E-state index contributed by atoms with van der Waals surface area (Å²) >= 11 is 0. The van der Waals surface area contributed by atoms with Crippen LogP contribution in [-0.4, -0.2) is 18.0 Å². The molecular formula is C24H22FN3O3S. The van der Waals surface area contributed by atoms with Crippen molar-refractivity contribution in [2.75, 3.05) is 4.72 Å². The molecule has 0 bridgehead atoms. The molecule has 0 saturated carbocycles. The number of fused-ring (bicyclic) bond motifs is 1. The van der Waals surface area contributed by atoms with Gasteiger partial charge in [-0.1, -0.05) is 29.8 Å². The van der Waals surface area contributed by atoms with Gasteiger partial charge in [0.25, 0.3) is 15.6 Å². The Labute approximate surface area is 185 Å². The Hall–Kier alpha value is -3.52. The highest BCUT2D eigenvalue weighted by atomic mass is 32.2. The molecule has 164 valence electrons. The molecule has 0 spiro atoms. The third-order valence-corrected chi connectivity index (χ3v) is 6.94. The minimum Gasteiger partial charge on any atom is -0.277 e. The zero-order chi connectivity index (χ0) is 23.2. The first-order valence-electron chi connectivity index (χ1n) is 9.97. The van der Waals surface area contributed by atoms with E-state index in [2.05, 4.69) is 9.71 Å². The molecule has 0 aliphatic heterocycles. The first-order valence-corrected chi connectivity index (χ1v) is 11.5. The second kappa shape index (κ2) is 7.87. The number of rotatable bonds is 4. The quantitative estimate of drug-likeness (QED) is 0.493. The Kier molecular flexibility index (Phi) is 5.34. The van der Waals surface area contributed by atoms with E-state index in [0.29, 0.717) is 33.5 Å². The highest BCUT2D eigenvalue weighted by Gasteiger charge is 2.22. The number of para-hydroxylation sites is 1. The average molecular weight is 452 g/mol. The number of hydrogen-bond donors (Lipinski definition) is 1. The minimum atomic E-state index is -4.06. The molecule has 1 aromatic heterocycles. The zero-order valence-corrected chi connectivity index (χ0v) is 18.9. The van der Waals surface area contributed by atoms with Gasteiger partial charge in [-0.25, -0.2) is 17.8 Å². The van der Waals surface area contributed by atoms with Crippen molar-refractivity contribution in [3.05, 3.63) is 93.3 Å². The monoisotopic (exact) mass is 451 g/mol. The normalized spacial score (nSPS) is 11.7. The maximum absolute atomic E-state index is 14.6. The largest absolute Gasteiger partial charge is 0.277 e. The van der Waals surface area contributed by atoms with E-state index in [9.17, 15) is 17.6 Å². The maximum Gasteiger partial charge on any atom is 0.265 e. The van der Waals surface area contributed by atoms with Crippen molar-refractivity contribution in [3.8, 4) is 5.69 Å². The lowest BCUT2D eigenvalue weighted by atomic mass is 10.1. The highest BCUT2D eigenvalue weighted by Crippen LogP contribution is 2.27. The fraction of sp³-hybridized carbons (Fsp3) is 0.167. The molecule has 0 atom stereocenters. The predicted molar refractivity (Wildman–Crippen MR) is 123 cm³/mol. The van der Waals surface area contributed by atoms with Crippen LogP contribution in [0.1, 0.15) is 22.5 Å². The topological polar surface area (TPSA) is 81.1 Å². The van der Waals surface area contributed by atoms with Gasteiger partial charge in [0, 0.05) is 0 Å². The summed E-state index contributed by atoms with van der Waals surface area (Å²) in [6.07, 6.45) is 0. The summed E-state index contributed by atoms with van der Waals surface area (Å²) in [5, 5.41) is 0.412. The van der Waals surface area contributed by atoms with Crippen molar-refractivity contribution < 1.29 is 12.8 Å². The Morgan fingerprint density at radius 3 is 2.28 bits per heavy atom. The molecule has 4 aromatic rings. The van der Waals surface area contributed by atoms with Gasteiger partial charge in [0.15, 0.2) is 0 Å². The fourth-order valence-electron chi connectivity index (χ4n) is 4.06. The number of hydrogen-bond acceptors (Lipinski definition) is 4. The van der Waals surface area contributed by atoms with Crippen molar-refractivity contribution in [3.63, 3.8) is 0 Å². The van der Waals surface area contributed by atoms with Gasteiger partial charge in [0.2, 0.25) is 0 Å². The molecule has 4 rings (SSSR count). The number of benzene rings is 3. The van der Waals surface area contributed by atoms with E-state index in [1.54, 1.807) is 57.2 Å². The third-order valence-electron chi connectivity index (χ3n) is 5.27. The van der Waals surface area contributed by atoms with E-state index in [-0.39, 0.29) is 16.1 Å². The van der Waals surface area contributed by atoms with Crippen LogP contribution >= 0.6 is 0 Å². The van der Waals surface area contributed by atoms with Crippen molar-refractivity contribution in [1.29, 1.82) is 0 Å². The number of nitrogens with one attached hydrogen (secondary N) is 1. The van der Waals surface area contributed by atoms with Crippen molar-refractivity contribution in [1.82, 2.24) is 9.55 Å². The van der Waals surface area contributed by atoms with Crippen molar-refractivity contribution in [2.45, 2.75) is 32.6 Å². The van der Waals surface area contributed by atoms with Crippen LogP contribution in [0.4, 0.5) is 10.1 Å². The minimum absolute atomic E-state index is 0.105. The van der Waals surface area contributed by atoms with Crippen LogP contribution in [0.5, 0.6) is 0 Å². The Morgan fingerprint density at radius 1 is 0.938 bits per heavy atom. The van der Waals surface area contributed by atoms with Crippen molar-refractivity contribution >= 4 is 26.6 Å².